The molecule has 0 N–H and O–H groups in total. The molecule has 0 aliphatic carbocycles. The Kier molecular flexibility index (Phi) is 5.56. The summed E-state index contributed by atoms with van der Waals surface area (Å²) in [4.78, 5) is 24.8. The molecule has 6 nitrogen and oxygen atoms in total. The van der Waals surface area contributed by atoms with E-state index in [0.717, 1.165) is 70.0 Å². The molecule has 3 rings (SSSR count). The Morgan fingerprint density at radius 2 is 2.00 bits per heavy atom. The van der Waals surface area contributed by atoms with Crippen molar-refractivity contribution in [3.8, 4) is 0 Å². The lowest BCUT2D eigenvalue weighted by Gasteiger charge is -2.22. The number of hydrogen-bond acceptors (Lipinski definition) is 5. The zero-order chi connectivity index (χ0) is 16.1. The number of ether oxygens (including phenoxy) is 1. The van der Waals surface area contributed by atoms with Crippen LogP contribution in [0.4, 0.5) is 0 Å². The van der Waals surface area contributed by atoms with Gasteiger partial charge in [-0.05, 0) is 25.7 Å². The summed E-state index contributed by atoms with van der Waals surface area (Å²) >= 11 is 0. The number of aromatic nitrogens is 2. The van der Waals surface area contributed by atoms with Crippen molar-refractivity contribution in [2.75, 3.05) is 32.8 Å². The number of carbonyl (C=O) groups excluding carboxylic acids is 1. The molecule has 2 aliphatic heterocycles. The van der Waals surface area contributed by atoms with E-state index >= 15 is 0 Å². The van der Waals surface area contributed by atoms with Crippen LogP contribution in [0.25, 0.3) is 0 Å². The van der Waals surface area contributed by atoms with Crippen LogP contribution in [-0.4, -0.2) is 58.5 Å². The molecule has 23 heavy (non-hydrogen) atoms. The second-order valence-corrected chi connectivity index (χ2v) is 6.44. The molecule has 0 spiro atoms. The number of carbonyl (C=O) groups is 1. The zero-order valence-electron chi connectivity index (χ0n) is 13.9. The van der Waals surface area contributed by atoms with Gasteiger partial charge in [0.25, 0.3) is 0 Å². The maximum absolute atomic E-state index is 11.5. The van der Waals surface area contributed by atoms with Crippen LogP contribution in [0.3, 0.4) is 0 Å². The average molecular weight is 318 g/mol. The summed E-state index contributed by atoms with van der Waals surface area (Å²) in [6.07, 6.45) is 8.29. The van der Waals surface area contributed by atoms with E-state index in [1.54, 1.807) is 6.92 Å². The molecule has 2 fully saturated rings. The Hall–Kier alpha value is -1.53. The van der Waals surface area contributed by atoms with Crippen molar-refractivity contribution in [1.29, 1.82) is 0 Å². The number of nitrogens with zero attached hydrogens (tertiary/aromatic N) is 4. The number of amides is 1. The van der Waals surface area contributed by atoms with Gasteiger partial charge in [0.05, 0.1) is 0 Å². The first-order valence-corrected chi connectivity index (χ1v) is 8.62. The molecule has 1 aromatic heterocycles. The average Bonchev–Trinajstić information content (AvgIpc) is 2.82. The summed E-state index contributed by atoms with van der Waals surface area (Å²) in [7, 11) is 0. The highest BCUT2D eigenvalue weighted by molar-refractivity contribution is 5.73. The summed E-state index contributed by atoms with van der Waals surface area (Å²) in [6, 6.07) is 0. The van der Waals surface area contributed by atoms with Gasteiger partial charge in [0.2, 0.25) is 5.91 Å². The van der Waals surface area contributed by atoms with Gasteiger partial charge in [-0.1, -0.05) is 0 Å². The number of rotatable bonds is 3. The van der Waals surface area contributed by atoms with Crippen LogP contribution in [0.15, 0.2) is 12.4 Å². The van der Waals surface area contributed by atoms with Crippen molar-refractivity contribution in [3.63, 3.8) is 0 Å². The molecule has 3 heterocycles. The van der Waals surface area contributed by atoms with E-state index in [1.165, 1.54) is 6.42 Å². The third-order valence-corrected chi connectivity index (χ3v) is 4.63. The van der Waals surface area contributed by atoms with E-state index in [-0.39, 0.29) is 12.0 Å². The van der Waals surface area contributed by atoms with Crippen LogP contribution in [0.2, 0.25) is 0 Å². The van der Waals surface area contributed by atoms with Crippen LogP contribution < -0.4 is 0 Å². The second-order valence-electron chi connectivity index (χ2n) is 6.44. The lowest BCUT2D eigenvalue weighted by molar-refractivity contribution is -0.128. The van der Waals surface area contributed by atoms with Crippen molar-refractivity contribution in [2.45, 2.75) is 45.3 Å². The minimum absolute atomic E-state index is 0.0695. The van der Waals surface area contributed by atoms with Crippen LogP contribution >= 0.6 is 0 Å². The normalized spacial score (nSPS) is 23.5. The monoisotopic (exact) mass is 318 g/mol. The van der Waals surface area contributed by atoms with Gasteiger partial charge in [-0.3, -0.25) is 9.69 Å². The summed E-state index contributed by atoms with van der Waals surface area (Å²) in [6.45, 7) is 6.90. The van der Waals surface area contributed by atoms with E-state index in [9.17, 15) is 4.79 Å². The van der Waals surface area contributed by atoms with E-state index in [2.05, 4.69) is 14.9 Å². The third-order valence-electron chi connectivity index (χ3n) is 4.63. The first-order valence-electron chi connectivity index (χ1n) is 8.62. The predicted octanol–water partition coefficient (Wildman–Crippen LogP) is 1.77. The van der Waals surface area contributed by atoms with Crippen LogP contribution in [0, 0.1) is 0 Å². The smallest absolute Gasteiger partial charge is 0.219 e. The molecule has 2 saturated heterocycles. The van der Waals surface area contributed by atoms with E-state index in [0.29, 0.717) is 0 Å². The Balaban J connectivity index is 1.54. The lowest BCUT2D eigenvalue weighted by Crippen LogP contribution is -2.33. The largest absolute Gasteiger partial charge is 0.370 e. The van der Waals surface area contributed by atoms with Gasteiger partial charge in [0, 0.05) is 64.2 Å². The van der Waals surface area contributed by atoms with Gasteiger partial charge < -0.3 is 9.64 Å². The first kappa shape index (κ1) is 16.3. The number of hydrogen-bond donors (Lipinski definition) is 0. The van der Waals surface area contributed by atoms with Gasteiger partial charge in [-0.25, -0.2) is 9.97 Å². The minimum atomic E-state index is 0.0695. The SMILES string of the molecule is CC(=O)N1CCCN(Cc2cnc([C@@H]3CCCCO3)nc2)CC1. The molecular formula is C17H26N4O2. The van der Waals surface area contributed by atoms with Crippen molar-refractivity contribution in [3.05, 3.63) is 23.8 Å². The maximum atomic E-state index is 11.5. The fourth-order valence-corrected chi connectivity index (χ4v) is 3.26. The predicted molar refractivity (Wildman–Crippen MR) is 86.7 cm³/mol. The van der Waals surface area contributed by atoms with E-state index in [1.807, 2.05) is 17.3 Å². The summed E-state index contributed by atoms with van der Waals surface area (Å²) < 4.78 is 5.73. The highest BCUT2D eigenvalue weighted by Crippen LogP contribution is 2.24. The molecule has 1 aromatic rings. The van der Waals surface area contributed by atoms with Gasteiger partial charge >= 0.3 is 0 Å². The molecule has 1 atom stereocenters. The summed E-state index contributed by atoms with van der Waals surface area (Å²) in [5, 5.41) is 0. The Morgan fingerprint density at radius 1 is 1.17 bits per heavy atom. The first-order chi connectivity index (χ1) is 11.2. The fourth-order valence-electron chi connectivity index (χ4n) is 3.26. The molecular weight excluding hydrogens is 292 g/mol. The van der Waals surface area contributed by atoms with Crippen LogP contribution in [0.5, 0.6) is 0 Å². The standard InChI is InChI=1S/C17H26N4O2/c1-14(22)21-7-4-6-20(8-9-21)13-15-11-18-17(19-12-15)16-5-2-3-10-23-16/h11-12,16H,2-10,13H2,1H3/t16-/m0/s1. The molecule has 126 valence electrons. The molecule has 0 aromatic carbocycles. The highest BCUT2D eigenvalue weighted by atomic mass is 16.5. The molecule has 0 bridgehead atoms. The second kappa shape index (κ2) is 7.84. The Morgan fingerprint density at radius 3 is 2.70 bits per heavy atom. The van der Waals surface area contributed by atoms with Crippen molar-refractivity contribution >= 4 is 5.91 Å². The molecule has 2 aliphatic rings. The Labute approximate surface area is 137 Å². The summed E-state index contributed by atoms with van der Waals surface area (Å²) in [5.74, 6) is 0.985. The van der Waals surface area contributed by atoms with Crippen LogP contribution in [-0.2, 0) is 16.1 Å². The topological polar surface area (TPSA) is 58.6 Å². The highest BCUT2D eigenvalue weighted by Gasteiger charge is 2.19. The Bertz CT molecular complexity index is 514. The van der Waals surface area contributed by atoms with Crippen molar-refractivity contribution < 1.29 is 9.53 Å². The lowest BCUT2D eigenvalue weighted by atomic mass is 10.1. The third kappa shape index (κ3) is 4.48. The van der Waals surface area contributed by atoms with Crippen molar-refractivity contribution in [2.24, 2.45) is 0 Å². The van der Waals surface area contributed by atoms with E-state index < -0.39 is 0 Å². The van der Waals surface area contributed by atoms with Gasteiger partial charge in [0.15, 0.2) is 5.82 Å². The quantitative estimate of drug-likeness (QED) is 0.850. The van der Waals surface area contributed by atoms with Gasteiger partial charge in [-0.2, -0.15) is 0 Å². The van der Waals surface area contributed by atoms with Gasteiger partial charge in [-0.15, -0.1) is 0 Å². The molecule has 0 unspecified atom stereocenters. The zero-order valence-corrected chi connectivity index (χ0v) is 13.9. The van der Waals surface area contributed by atoms with Gasteiger partial charge in [0.1, 0.15) is 6.10 Å². The minimum Gasteiger partial charge on any atom is -0.370 e. The molecule has 1 amide bonds. The molecule has 0 saturated carbocycles. The van der Waals surface area contributed by atoms with Crippen molar-refractivity contribution in [1.82, 2.24) is 19.8 Å². The maximum Gasteiger partial charge on any atom is 0.219 e. The van der Waals surface area contributed by atoms with Crippen LogP contribution in [0.1, 0.15) is 50.1 Å². The summed E-state index contributed by atoms with van der Waals surface area (Å²) in [5.41, 5.74) is 1.13. The molecule has 6 heteroatoms. The molecule has 0 radical (unpaired) electrons. The van der Waals surface area contributed by atoms with E-state index in [4.69, 9.17) is 4.74 Å². The fraction of sp³-hybridized carbons (Fsp3) is 0.706.